The van der Waals surface area contributed by atoms with E-state index in [1.54, 1.807) is 111 Å². The second-order valence-electron chi connectivity index (χ2n) is 46.2. The fraction of sp³-hybridized carbons (Fsp3) is 0.614. The summed E-state index contributed by atoms with van der Waals surface area (Å²) in [6.45, 7) is 80.8. The van der Waals surface area contributed by atoms with Crippen LogP contribution < -0.4 is 0 Å². The smallest absolute Gasteiger partial charge is 0.00255 e. The van der Waals surface area contributed by atoms with E-state index in [0.29, 0.717) is 5.92 Å². The first-order chi connectivity index (χ1) is 53.5. The lowest BCUT2D eigenvalue weighted by Crippen LogP contribution is -2.26. The van der Waals surface area contributed by atoms with Crippen molar-refractivity contribution in [2.75, 3.05) is 0 Å². The zero-order chi connectivity index (χ0) is 82.3. The summed E-state index contributed by atoms with van der Waals surface area (Å²) in [7, 11) is 0. The number of fused-ring (bicyclic) bond motifs is 10. The average molecular weight is 1520 g/mol. The maximum Gasteiger partial charge on any atom is -0.00255 e. The van der Waals surface area contributed by atoms with Crippen molar-refractivity contribution in [1.29, 1.82) is 0 Å². The molecule has 0 spiro atoms. The summed E-state index contributed by atoms with van der Waals surface area (Å²) < 4.78 is 0. The molecule has 0 fully saturated rings. The SMILES string of the molecule is CCC1CC(C)(C)c2c1cc1c(c2-c2cc3cc(-c4c5c(cc6c4C(C)(C)CC6(CC)CC)C(CC)(CC)CC5(C)C)cc4c5cc(-c6c7c(cc8c6C(C)(C)CC8(CC)CC)C(CC)(CC)CC7(C)C)cc6cc(-c7c8c(cc9c7C(C)(C)CC9(CC)CC)C(CC)(CC)CC8(C)C)cc(c(c2)c34)c65)C(C)(C)CC1(CC)CC. The van der Waals surface area contributed by atoms with E-state index in [1.807, 2.05) is 0 Å². The molecule has 9 aromatic rings. The van der Waals surface area contributed by atoms with Crippen molar-refractivity contribution < 1.29 is 0 Å². The fourth-order valence-corrected chi connectivity index (χ4v) is 31.8. The Morgan fingerprint density at radius 2 is 0.404 bits per heavy atom. The van der Waals surface area contributed by atoms with Crippen LogP contribution in [0.3, 0.4) is 0 Å². The third-order valence-corrected chi connectivity index (χ3v) is 37.2. The van der Waals surface area contributed by atoms with Crippen LogP contribution in [-0.2, 0) is 81.2 Å². The highest BCUT2D eigenvalue weighted by atomic mass is 14.6. The van der Waals surface area contributed by atoms with Gasteiger partial charge in [0, 0.05) is 0 Å². The lowest BCUT2D eigenvalue weighted by Gasteiger charge is -2.33. The summed E-state index contributed by atoms with van der Waals surface area (Å²) in [6.07, 6.45) is 27.0. The normalized spacial score (nSPS) is 23.6. The molecule has 0 N–H and O–H groups in total. The Balaban J connectivity index is 1.15. The van der Waals surface area contributed by atoms with Gasteiger partial charge in [-0.3, -0.25) is 0 Å². The molecule has 1 unspecified atom stereocenters. The third-order valence-electron chi connectivity index (χ3n) is 37.2. The van der Waals surface area contributed by atoms with Gasteiger partial charge in [-0.1, -0.05) is 239 Å². The molecule has 0 heterocycles. The van der Waals surface area contributed by atoms with Crippen molar-refractivity contribution in [3.8, 4) is 44.5 Å². The largest absolute Gasteiger partial charge is 0.0648 e. The van der Waals surface area contributed by atoms with E-state index in [2.05, 4.69) is 287 Å². The summed E-state index contributed by atoms with van der Waals surface area (Å²) in [5.41, 5.74) is 39.4. The zero-order valence-electron chi connectivity index (χ0n) is 78.3. The molecule has 8 aliphatic rings. The predicted molar refractivity (Wildman–Crippen MR) is 499 cm³/mol. The van der Waals surface area contributed by atoms with Crippen molar-refractivity contribution in [2.45, 2.75) is 449 Å². The van der Waals surface area contributed by atoms with Crippen molar-refractivity contribution in [2.24, 2.45) is 0 Å². The highest BCUT2D eigenvalue weighted by molar-refractivity contribution is 6.35. The lowest BCUT2D eigenvalue weighted by molar-refractivity contribution is 0.322. The molecular formula is C114H152. The van der Waals surface area contributed by atoms with Crippen molar-refractivity contribution in [3.05, 3.63) is 162 Å². The fourth-order valence-electron chi connectivity index (χ4n) is 31.8. The summed E-state index contributed by atoms with van der Waals surface area (Å²) >= 11 is 0. The van der Waals surface area contributed by atoms with E-state index in [4.69, 9.17) is 0 Å². The minimum atomic E-state index is -0.0443. The molecule has 9 aromatic carbocycles. The maximum absolute atomic E-state index is 2.89. The molecule has 0 bridgehead atoms. The standard InChI is InChI=1S/C114H152/c1-32-67-59-100(16,17)92-74(67)55-79-93(101(18,19)60-108(79,33-2)34-3)88(92)70-47-68-48-71(89-94-80(109(35-4,36-5)61-102(94,20)21)56-81-95(89)103(22,23)62-110(81,37-6)38-7)53-77-78-54-73(91-98-84(113(43-12,44-13)65-106(98,28)29)58-85-99(91)107(30,31)66-114(85,45-14)46-15)50-69-49-72(52-76(87(69)78)75(51-70)86(68)77)90-96-82(111(39-8,40-9)63-104(96,24)25)57-83-97(90)105(26,27)64-112(83,41-10)42-11/h47-58,67H,32-46,59-66H2,1-31H3. The Morgan fingerprint density at radius 3 is 0.588 bits per heavy atom. The number of hydrogen-bond donors (Lipinski definition) is 0. The van der Waals surface area contributed by atoms with E-state index < -0.39 is 0 Å². The zero-order valence-corrected chi connectivity index (χ0v) is 78.3. The molecule has 0 saturated carbocycles. The molecule has 0 heteroatoms. The van der Waals surface area contributed by atoms with E-state index in [1.165, 1.54) is 136 Å². The van der Waals surface area contributed by atoms with E-state index in [9.17, 15) is 0 Å². The van der Waals surface area contributed by atoms with Gasteiger partial charge in [-0.2, -0.15) is 0 Å². The monoisotopic (exact) mass is 1520 g/mol. The number of rotatable bonds is 19. The van der Waals surface area contributed by atoms with Gasteiger partial charge in [0.15, 0.2) is 0 Å². The second-order valence-corrected chi connectivity index (χ2v) is 46.2. The summed E-state index contributed by atoms with van der Waals surface area (Å²) in [4.78, 5) is 0. The average Bonchev–Trinajstić information content (AvgIpc) is 1.47. The molecule has 608 valence electrons. The first-order valence-electron chi connectivity index (χ1n) is 47.6. The van der Waals surface area contributed by atoms with Crippen LogP contribution in [0.4, 0.5) is 0 Å². The molecule has 1 atom stereocenters. The first-order valence-corrected chi connectivity index (χ1v) is 47.6. The van der Waals surface area contributed by atoms with Gasteiger partial charge in [0.25, 0.3) is 0 Å². The molecule has 114 heavy (non-hydrogen) atoms. The minimum absolute atomic E-state index is 0.0111. The van der Waals surface area contributed by atoms with Crippen LogP contribution in [0.1, 0.15) is 457 Å². The Kier molecular flexibility index (Phi) is 18.0. The van der Waals surface area contributed by atoms with Gasteiger partial charge in [-0.05, 0) is 460 Å². The highest BCUT2D eigenvalue weighted by Crippen LogP contribution is 2.70. The van der Waals surface area contributed by atoms with Crippen LogP contribution in [0.2, 0.25) is 0 Å². The van der Waals surface area contributed by atoms with Crippen molar-refractivity contribution >= 4 is 43.1 Å². The van der Waals surface area contributed by atoms with Crippen molar-refractivity contribution in [1.82, 2.24) is 0 Å². The molecule has 0 radical (unpaired) electrons. The van der Waals surface area contributed by atoms with E-state index in [0.717, 1.165) is 77.0 Å². The van der Waals surface area contributed by atoms with Gasteiger partial charge >= 0.3 is 0 Å². The van der Waals surface area contributed by atoms with Crippen LogP contribution >= 0.6 is 0 Å². The van der Waals surface area contributed by atoms with Gasteiger partial charge in [0.2, 0.25) is 0 Å². The predicted octanol–water partition coefficient (Wildman–Crippen LogP) is 33.8. The van der Waals surface area contributed by atoms with Crippen LogP contribution in [0, 0.1) is 0 Å². The molecule has 17 rings (SSSR count). The summed E-state index contributed by atoms with van der Waals surface area (Å²) in [6, 6.07) is 34.6. The number of benzene rings is 9. The first kappa shape index (κ1) is 80.7. The third kappa shape index (κ3) is 10.2. The quantitative estimate of drug-likeness (QED) is 0.0559. The van der Waals surface area contributed by atoms with Gasteiger partial charge < -0.3 is 0 Å². The summed E-state index contributed by atoms with van der Waals surface area (Å²) in [5.74, 6) is 0.527. The van der Waals surface area contributed by atoms with Crippen LogP contribution in [0.15, 0.2) is 72.8 Å². The van der Waals surface area contributed by atoms with Crippen LogP contribution in [0.5, 0.6) is 0 Å². The topological polar surface area (TPSA) is 0 Å². The van der Waals surface area contributed by atoms with Crippen LogP contribution in [-0.4, -0.2) is 0 Å². The summed E-state index contributed by atoms with van der Waals surface area (Å²) in [5, 5.41) is 11.6. The molecule has 8 aliphatic carbocycles. The molecule has 0 aliphatic heterocycles. The van der Waals surface area contributed by atoms with E-state index in [-0.39, 0.29) is 81.2 Å². The van der Waals surface area contributed by atoms with Crippen LogP contribution in [0.25, 0.3) is 87.6 Å². The maximum atomic E-state index is 2.89. The Bertz CT molecular complexity index is 5320. The Morgan fingerprint density at radius 1 is 0.219 bits per heavy atom. The minimum Gasteiger partial charge on any atom is -0.0648 e. The van der Waals surface area contributed by atoms with Gasteiger partial charge in [0.1, 0.15) is 0 Å². The highest BCUT2D eigenvalue weighted by Gasteiger charge is 2.59. The molecule has 0 nitrogen and oxygen atoms in total. The molecular weight excluding hydrogens is 1370 g/mol. The lowest BCUT2D eigenvalue weighted by atomic mass is 9.71. The second kappa shape index (κ2) is 25.4. The van der Waals surface area contributed by atoms with Gasteiger partial charge in [-0.15, -0.1) is 0 Å². The molecule has 0 amide bonds. The molecule has 0 saturated heterocycles. The van der Waals surface area contributed by atoms with Gasteiger partial charge in [0.05, 0.1) is 0 Å². The van der Waals surface area contributed by atoms with Crippen molar-refractivity contribution in [3.63, 3.8) is 0 Å². The number of hydrogen-bond acceptors (Lipinski definition) is 0. The van der Waals surface area contributed by atoms with Gasteiger partial charge in [-0.25, -0.2) is 0 Å². The molecule has 0 aromatic heterocycles. The van der Waals surface area contributed by atoms with E-state index >= 15 is 0 Å². The Labute approximate surface area is 694 Å². The Hall–Kier alpha value is -5.72.